The van der Waals surface area contributed by atoms with Crippen molar-refractivity contribution < 1.29 is 9.90 Å². The zero-order valence-corrected chi connectivity index (χ0v) is 14.3. The summed E-state index contributed by atoms with van der Waals surface area (Å²) in [5.41, 5.74) is 0.172. The molecule has 23 heavy (non-hydrogen) atoms. The molecular formula is C20H27NO2. The molecular weight excluding hydrogens is 286 g/mol. The van der Waals surface area contributed by atoms with E-state index in [9.17, 15) is 15.2 Å². The van der Waals surface area contributed by atoms with Gasteiger partial charge in [0.1, 0.15) is 0 Å². The van der Waals surface area contributed by atoms with E-state index in [1.54, 1.807) is 0 Å². The number of carbonyl (C=O) groups excluding carboxylic acids is 1. The van der Waals surface area contributed by atoms with E-state index in [4.69, 9.17) is 0 Å². The van der Waals surface area contributed by atoms with Gasteiger partial charge in [-0.25, -0.2) is 0 Å². The van der Waals surface area contributed by atoms with Crippen molar-refractivity contribution in [1.82, 2.24) is 0 Å². The molecule has 0 aromatic heterocycles. The molecule has 0 amide bonds. The normalized spacial score (nSPS) is 52.0. The highest BCUT2D eigenvalue weighted by Crippen LogP contribution is 2.67. The van der Waals surface area contributed by atoms with Crippen LogP contribution in [0.3, 0.4) is 0 Å². The maximum Gasteiger partial charge on any atom is 0.156 e. The van der Waals surface area contributed by atoms with Gasteiger partial charge in [0, 0.05) is 11.8 Å². The van der Waals surface area contributed by atoms with Gasteiger partial charge >= 0.3 is 0 Å². The third-order valence-electron chi connectivity index (χ3n) is 8.30. The zero-order chi connectivity index (χ0) is 16.5. The van der Waals surface area contributed by atoms with Crippen LogP contribution in [0.25, 0.3) is 0 Å². The number of fused-ring (bicyclic) bond motifs is 5. The Hall–Kier alpha value is -1.14. The fraction of sp³-hybridized carbons (Fsp3) is 0.800. The quantitative estimate of drug-likeness (QED) is 0.692. The van der Waals surface area contributed by atoms with Gasteiger partial charge in [0.25, 0.3) is 0 Å². The molecule has 4 rings (SSSR count). The van der Waals surface area contributed by atoms with Crippen molar-refractivity contribution >= 4 is 5.78 Å². The van der Waals surface area contributed by atoms with Gasteiger partial charge in [0.05, 0.1) is 6.07 Å². The van der Waals surface area contributed by atoms with E-state index >= 15 is 0 Å². The molecule has 0 aliphatic heterocycles. The minimum atomic E-state index is -1.14. The highest BCUT2D eigenvalue weighted by Gasteiger charge is 2.64. The van der Waals surface area contributed by atoms with E-state index in [-0.39, 0.29) is 10.8 Å². The summed E-state index contributed by atoms with van der Waals surface area (Å²) in [6, 6.07) is 2.25. The van der Waals surface area contributed by atoms with Crippen molar-refractivity contribution in [3.63, 3.8) is 0 Å². The predicted octanol–water partition coefficient (Wildman–Crippen LogP) is 3.77. The summed E-state index contributed by atoms with van der Waals surface area (Å²) < 4.78 is 0. The van der Waals surface area contributed by atoms with E-state index in [0.29, 0.717) is 36.4 Å². The van der Waals surface area contributed by atoms with Gasteiger partial charge in [-0.2, -0.15) is 5.26 Å². The van der Waals surface area contributed by atoms with Gasteiger partial charge in [-0.05, 0) is 74.2 Å². The Balaban J connectivity index is 1.70. The van der Waals surface area contributed by atoms with Gasteiger partial charge < -0.3 is 5.11 Å². The Morgan fingerprint density at radius 3 is 2.61 bits per heavy atom. The molecule has 6 atom stereocenters. The second-order valence-electron chi connectivity index (χ2n) is 8.94. The molecule has 0 radical (unpaired) electrons. The standard InChI is InChI=1S/C20H27NO2/c1-18-8-5-14(22)11-13(18)3-4-15-16(18)6-9-19(2)17(15)7-10-20(19,23)12-21/h11,15-17,23H,3-10H2,1-2H3/t15-,16+,17-,18+,19-,20+/m1/s1. The average Bonchev–Trinajstić information content (AvgIpc) is 2.80. The monoisotopic (exact) mass is 313 g/mol. The molecule has 0 heterocycles. The molecule has 3 fully saturated rings. The number of ketones is 1. The van der Waals surface area contributed by atoms with Crippen molar-refractivity contribution in [2.75, 3.05) is 0 Å². The molecule has 3 nitrogen and oxygen atoms in total. The van der Waals surface area contributed by atoms with Crippen LogP contribution in [0.4, 0.5) is 0 Å². The number of rotatable bonds is 0. The van der Waals surface area contributed by atoms with Crippen molar-refractivity contribution in [1.29, 1.82) is 5.26 Å². The molecule has 0 aromatic rings. The summed E-state index contributed by atoms with van der Waals surface area (Å²) in [5.74, 6) is 1.99. The van der Waals surface area contributed by atoms with E-state index in [2.05, 4.69) is 19.9 Å². The van der Waals surface area contributed by atoms with E-state index in [1.165, 1.54) is 5.57 Å². The van der Waals surface area contributed by atoms with Crippen molar-refractivity contribution in [3.05, 3.63) is 11.6 Å². The first-order valence-electron chi connectivity index (χ1n) is 9.22. The molecule has 3 saturated carbocycles. The fourth-order valence-corrected chi connectivity index (χ4v) is 6.76. The number of aliphatic hydroxyl groups is 1. The summed E-state index contributed by atoms with van der Waals surface area (Å²) >= 11 is 0. The largest absolute Gasteiger partial charge is 0.375 e. The van der Waals surface area contributed by atoms with E-state index in [1.807, 2.05) is 6.08 Å². The Morgan fingerprint density at radius 1 is 1.13 bits per heavy atom. The number of nitriles is 1. The molecule has 1 N–H and O–H groups in total. The zero-order valence-electron chi connectivity index (χ0n) is 14.3. The number of hydrogen-bond donors (Lipinski definition) is 1. The van der Waals surface area contributed by atoms with Crippen molar-refractivity contribution in [2.45, 2.75) is 70.8 Å². The van der Waals surface area contributed by atoms with Crippen LogP contribution < -0.4 is 0 Å². The molecule has 0 spiro atoms. The summed E-state index contributed by atoms with van der Waals surface area (Å²) in [5, 5.41) is 20.4. The molecule has 0 bridgehead atoms. The molecule has 0 unspecified atom stereocenters. The van der Waals surface area contributed by atoms with Crippen molar-refractivity contribution in [3.8, 4) is 6.07 Å². The predicted molar refractivity (Wildman–Crippen MR) is 87.3 cm³/mol. The van der Waals surface area contributed by atoms with Crippen LogP contribution in [-0.4, -0.2) is 16.5 Å². The van der Waals surface area contributed by atoms with Gasteiger partial charge in [-0.3, -0.25) is 4.79 Å². The number of hydrogen-bond acceptors (Lipinski definition) is 3. The Kier molecular flexibility index (Phi) is 3.14. The molecule has 0 saturated heterocycles. The fourth-order valence-electron chi connectivity index (χ4n) is 6.76. The van der Waals surface area contributed by atoms with Gasteiger partial charge in [0.2, 0.25) is 0 Å². The minimum Gasteiger partial charge on any atom is -0.375 e. The molecule has 4 aliphatic rings. The maximum atomic E-state index is 11.8. The van der Waals surface area contributed by atoms with Crippen LogP contribution in [0.5, 0.6) is 0 Å². The summed E-state index contributed by atoms with van der Waals surface area (Å²) in [6.07, 6.45) is 9.42. The smallest absolute Gasteiger partial charge is 0.156 e. The highest BCUT2D eigenvalue weighted by molar-refractivity contribution is 5.91. The molecule has 3 heteroatoms. The average molecular weight is 313 g/mol. The lowest BCUT2D eigenvalue weighted by Crippen LogP contribution is -2.54. The van der Waals surface area contributed by atoms with Crippen LogP contribution in [0.2, 0.25) is 0 Å². The summed E-state index contributed by atoms with van der Waals surface area (Å²) in [7, 11) is 0. The number of allylic oxidation sites excluding steroid dienone is 1. The maximum absolute atomic E-state index is 11.8. The lowest BCUT2D eigenvalue weighted by Gasteiger charge is -2.58. The van der Waals surface area contributed by atoms with Crippen molar-refractivity contribution in [2.24, 2.45) is 28.6 Å². The summed E-state index contributed by atoms with van der Waals surface area (Å²) in [6.45, 7) is 4.53. The Bertz CT molecular complexity index is 632. The minimum absolute atomic E-state index is 0.172. The first-order valence-corrected chi connectivity index (χ1v) is 9.22. The third-order valence-corrected chi connectivity index (χ3v) is 8.30. The first kappa shape index (κ1) is 15.4. The lowest BCUT2D eigenvalue weighted by atomic mass is 9.46. The van der Waals surface area contributed by atoms with Gasteiger partial charge in [-0.1, -0.05) is 19.4 Å². The van der Waals surface area contributed by atoms with Crippen LogP contribution in [0.1, 0.15) is 65.2 Å². The van der Waals surface area contributed by atoms with Gasteiger partial charge in [0.15, 0.2) is 11.4 Å². The molecule has 124 valence electrons. The highest BCUT2D eigenvalue weighted by atomic mass is 16.3. The SMILES string of the molecule is C[C@]12CCC(=O)C=C1CC[C@H]1[C@H]3CC[C@](O)(C#N)[C@]3(C)CC[C@@H]12. The Labute approximate surface area is 138 Å². The van der Waals surface area contributed by atoms with Crippen LogP contribution >= 0.6 is 0 Å². The van der Waals surface area contributed by atoms with E-state index < -0.39 is 5.60 Å². The van der Waals surface area contributed by atoms with E-state index in [0.717, 1.165) is 38.5 Å². The first-order chi connectivity index (χ1) is 10.8. The third kappa shape index (κ3) is 1.82. The van der Waals surface area contributed by atoms with Crippen LogP contribution in [0.15, 0.2) is 11.6 Å². The summed E-state index contributed by atoms with van der Waals surface area (Å²) in [4.78, 5) is 11.8. The Morgan fingerprint density at radius 2 is 1.87 bits per heavy atom. The topological polar surface area (TPSA) is 61.1 Å². The molecule has 0 aromatic carbocycles. The molecule has 4 aliphatic carbocycles. The van der Waals surface area contributed by atoms with Gasteiger partial charge in [-0.15, -0.1) is 0 Å². The second-order valence-corrected chi connectivity index (χ2v) is 8.94. The number of carbonyl (C=O) groups is 1. The number of nitrogens with zero attached hydrogens (tertiary/aromatic N) is 1. The lowest BCUT2D eigenvalue weighted by molar-refractivity contribution is -0.119. The van der Waals surface area contributed by atoms with Crippen LogP contribution in [0, 0.1) is 39.9 Å². The van der Waals surface area contributed by atoms with Crippen LogP contribution in [-0.2, 0) is 4.79 Å². The second kappa shape index (κ2) is 4.70.